The van der Waals surface area contributed by atoms with E-state index in [9.17, 15) is 0 Å². The van der Waals surface area contributed by atoms with Crippen LogP contribution in [0.4, 0.5) is 17.8 Å². The summed E-state index contributed by atoms with van der Waals surface area (Å²) < 4.78 is 0. The van der Waals surface area contributed by atoms with Crippen molar-refractivity contribution in [1.29, 1.82) is 0 Å². The molecule has 0 aliphatic rings. The number of rotatable bonds is 12. The molecule has 0 unspecified atom stereocenters. The SMILES string of the molecule is CCCCNc1nc(NCCCC)nc(NCCCC)n1. The monoisotopic (exact) mass is 294 g/mol. The Labute approximate surface area is 128 Å². The molecular formula is C15H30N6. The van der Waals surface area contributed by atoms with E-state index in [1.165, 1.54) is 0 Å². The van der Waals surface area contributed by atoms with Gasteiger partial charge in [0.2, 0.25) is 17.8 Å². The molecule has 0 spiro atoms. The van der Waals surface area contributed by atoms with Crippen LogP contribution in [0, 0.1) is 0 Å². The van der Waals surface area contributed by atoms with Crippen LogP contribution in [-0.2, 0) is 0 Å². The van der Waals surface area contributed by atoms with E-state index < -0.39 is 0 Å². The minimum Gasteiger partial charge on any atom is -0.354 e. The van der Waals surface area contributed by atoms with Crippen molar-refractivity contribution in [3.63, 3.8) is 0 Å². The molecule has 0 atom stereocenters. The molecule has 1 aromatic rings. The Morgan fingerprint density at radius 2 is 0.857 bits per heavy atom. The molecule has 1 rings (SSSR count). The van der Waals surface area contributed by atoms with E-state index >= 15 is 0 Å². The number of nitrogens with one attached hydrogen (secondary N) is 3. The highest BCUT2D eigenvalue weighted by atomic mass is 15.3. The van der Waals surface area contributed by atoms with Gasteiger partial charge < -0.3 is 16.0 Å². The van der Waals surface area contributed by atoms with Crippen LogP contribution in [0.2, 0.25) is 0 Å². The zero-order valence-corrected chi connectivity index (χ0v) is 13.7. The molecule has 6 nitrogen and oxygen atoms in total. The van der Waals surface area contributed by atoms with Gasteiger partial charge in [0.25, 0.3) is 0 Å². The minimum absolute atomic E-state index is 0.649. The zero-order valence-electron chi connectivity index (χ0n) is 13.7. The normalized spacial score (nSPS) is 10.4. The van der Waals surface area contributed by atoms with E-state index in [1.54, 1.807) is 0 Å². The molecule has 0 radical (unpaired) electrons. The van der Waals surface area contributed by atoms with Crippen LogP contribution in [0.5, 0.6) is 0 Å². The maximum absolute atomic E-state index is 4.42. The molecule has 0 aliphatic heterocycles. The second-order valence-corrected chi connectivity index (χ2v) is 5.15. The largest absolute Gasteiger partial charge is 0.354 e. The predicted octanol–water partition coefficient (Wildman–Crippen LogP) is 3.51. The Kier molecular flexibility index (Phi) is 9.24. The van der Waals surface area contributed by atoms with Gasteiger partial charge in [0, 0.05) is 19.6 Å². The molecule has 3 N–H and O–H groups in total. The van der Waals surface area contributed by atoms with Crippen molar-refractivity contribution in [3.8, 4) is 0 Å². The lowest BCUT2D eigenvalue weighted by atomic mass is 10.3. The first kappa shape index (κ1) is 17.5. The highest BCUT2D eigenvalue weighted by molar-refractivity contribution is 5.42. The Morgan fingerprint density at radius 3 is 1.10 bits per heavy atom. The van der Waals surface area contributed by atoms with Crippen LogP contribution in [0.15, 0.2) is 0 Å². The fourth-order valence-corrected chi connectivity index (χ4v) is 1.74. The maximum atomic E-state index is 4.42. The fourth-order valence-electron chi connectivity index (χ4n) is 1.74. The molecule has 6 heteroatoms. The van der Waals surface area contributed by atoms with E-state index in [0.717, 1.165) is 58.2 Å². The highest BCUT2D eigenvalue weighted by Gasteiger charge is 2.05. The molecule has 1 aromatic heterocycles. The number of nitrogens with zero attached hydrogens (tertiary/aromatic N) is 3. The van der Waals surface area contributed by atoms with Gasteiger partial charge in [-0.1, -0.05) is 40.0 Å². The first-order valence-electron chi connectivity index (χ1n) is 8.27. The van der Waals surface area contributed by atoms with Gasteiger partial charge in [0.05, 0.1) is 0 Å². The lowest BCUT2D eigenvalue weighted by Gasteiger charge is -2.10. The van der Waals surface area contributed by atoms with Crippen molar-refractivity contribution >= 4 is 17.8 Å². The Balaban J connectivity index is 2.65. The van der Waals surface area contributed by atoms with Gasteiger partial charge in [0.15, 0.2) is 0 Å². The van der Waals surface area contributed by atoms with Gasteiger partial charge >= 0.3 is 0 Å². The topological polar surface area (TPSA) is 74.8 Å². The van der Waals surface area contributed by atoms with Gasteiger partial charge in [-0.25, -0.2) is 0 Å². The summed E-state index contributed by atoms with van der Waals surface area (Å²) in [5, 5.41) is 9.79. The van der Waals surface area contributed by atoms with Crippen LogP contribution in [-0.4, -0.2) is 34.6 Å². The number of hydrogen-bond donors (Lipinski definition) is 3. The molecule has 0 saturated carbocycles. The number of unbranched alkanes of at least 4 members (excludes halogenated alkanes) is 3. The van der Waals surface area contributed by atoms with Crippen molar-refractivity contribution in [1.82, 2.24) is 15.0 Å². The van der Waals surface area contributed by atoms with Crippen molar-refractivity contribution in [2.45, 2.75) is 59.3 Å². The number of hydrogen-bond acceptors (Lipinski definition) is 6. The average molecular weight is 294 g/mol. The van der Waals surface area contributed by atoms with Crippen LogP contribution >= 0.6 is 0 Å². The Morgan fingerprint density at radius 1 is 0.571 bits per heavy atom. The fraction of sp³-hybridized carbons (Fsp3) is 0.800. The third-order valence-electron chi connectivity index (χ3n) is 3.08. The van der Waals surface area contributed by atoms with Crippen molar-refractivity contribution in [3.05, 3.63) is 0 Å². The standard InChI is InChI=1S/C15H30N6/c1-4-7-10-16-13-19-14(17-11-8-5-2)21-15(20-13)18-12-9-6-3/h4-12H2,1-3H3,(H3,16,17,18,19,20,21). The quantitative estimate of drug-likeness (QED) is 0.512. The first-order valence-corrected chi connectivity index (χ1v) is 8.27. The molecule has 0 fully saturated rings. The van der Waals surface area contributed by atoms with E-state index in [2.05, 4.69) is 51.7 Å². The molecule has 0 saturated heterocycles. The highest BCUT2D eigenvalue weighted by Crippen LogP contribution is 2.10. The van der Waals surface area contributed by atoms with Crippen molar-refractivity contribution in [2.24, 2.45) is 0 Å². The Bertz CT molecular complexity index is 313. The molecule has 0 aromatic carbocycles. The molecule has 120 valence electrons. The third-order valence-corrected chi connectivity index (χ3v) is 3.08. The maximum Gasteiger partial charge on any atom is 0.229 e. The van der Waals surface area contributed by atoms with E-state index in [-0.39, 0.29) is 0 Å². The first-order chi connectivity index (χ1) is 10.3. The van der Waals surface area contributed by atoms with Crippen molar-refractivity contribution < 1.29 is 0 Å². The second-order valence-electron chi connectivity index (χ2n) is 5.15. The molecule has 0 aliphatic carbocycles. The minimum atomic E-state index is 0.649. The molecule has 0 bridgehead atoms. The smallest absolute Gasteiger partial charge is 0.229 e. The predicted molar refractivity (Wildman–Crippen MR) is 90.0 cm³/mol. The molecule has 0 amide bonds. The summed E-state index contributed by atoms with van der Waals surface area (Å²) in [6, 6.07) is 0. The summed E-state index contributed by atoms with van der Waals surface area (Å²) in [6.07, 6.45) is 6.80. The van der Waals surface area contributed by atoms with Gasteiger partial charge in [0.1, 0.15) is 0 Å². The summed E-state index contributed by atoms with van der Waals surface area (Å²) >= 11 is 0. The van der Waals surface area contributed by atoms with Gasteiger partial charge in [-0.3, -0.25) is 0 Å². The van der Waals surface area contributed by atoms with Crippen LogP contribution in [0.1, 0.15) is 59.3 Å². The lowest BCUT2D eigenvalue weighted by Crippen LogP contribution is -2.14. The summed E-state index contributed by atoms with van der Waals surface area (Å²) in [7, 11) is 0. The molecule has 21 heavy (non-hydrogen) atoms. The summed E-state index contributed by atoms with van der Waals surface area (Å²) in [4.78, 5) is 13.3. The van der Waals surface area contributed by atoms with E-state index in [4.69, 9.17) is 0 Å². The van der Waals surface area contributed by atoms with Crippen LogP contribution < -0.4 is 16.0 Å². The third kappa shape index (κ3) is 7.68. The second kappa shape index (κ2) is 11.1. The van der Waals surface area contributed by atoms with Crippen molar-refractivity contribution in [2.75, 3.05) is 35.6 Å². The molecule has 1 heterocycles. The lowest BCUT2D eigenvalue weighted by molar-refractivity contribution is 0.807. The number of anilines is 3. The van der Waals surface area contributed by atoms with Gasteiger partial charge in [-0.05, 0) is 19.3 Å². The summed E-state index contributed by atoms with van der Waals surface area (Å²) in [6.45, 7) is 9.19. The van der Waals surface area contributed by atoms with Crippen LogP contribution in [0.25, 0.3) is 0 Å². The van der Waals surface area contributed by atoms with Gasteiger partial charge in [-0.2, -0.15) is 15.0 Å². The van der Waals surface area contributed by atoms with Gasteiger partial charge in [-0.15, -0.1) is 0 Å². The van der Waals surface area contributed by atoms with E-state index in [1.807, 2.05) is 0 Å². The molecular weight excluding hydrogens is 264 g/mol. The van der Waals surface area contributed by atoms with Crippen LogP contribution in [0.3, 0.4) is 0 Å². The number of aromatic nitrogens is 3. The average Bonchev–Trinajstić information content (AvgIpc) is 2.48. The summed E-state index contributed by atoms with van der Waals surface area (Å²) in [5.74, 6) is 1.95. The van der Waals surface area contributed by atoms with E-state index in [0.29, 0.717) is 17.8 Å². The summed E-state index contributed by atoms with van der Waals surface area (Å²) in [5.41, 5.74) is 0. The Hall–Kier alpha value is -1.59. The zero-order chi connectivity index (χ0) is 15.3.